The maximum atomic E-state index is 12.4. The van der Waals surface area contributed by atoms with Crippen molar-refractivity contribution in [2.75, 3.05) is 37.7 Å². The Morgan fingerprint density at radius 3 is 2.75 bits per heavy atom. The van der Waals surface area contributed by atoms with Gasteiger partial charge in [-0.1, -0.05) is 6.07 Å². The third-order valence-corrected chi connectivity index (χ3v) is 6.16. The zero-order chi connectivity index (χ0) is 13.8. The van der Waals surface area contributed by atoms with Gasteiger partial charge in [-0.25, -0.2) is 0 Å². The average molecular weight is 310 g/mol. The summed E-state index contributed by atoms with van der Waals surface area (Å²) >= 11 is 3.63. The van der Waals surface area contributed by atoms with Crippen molar-refractivity contribution in [3.05, 3.63) is 22.4 Å². The molecule has 0 N–H and O–H groups in total. The van der Waals surface area contributed by atoms with Crippen LogP contribution in [-0.2, 0) is 0 Å². The zero-order valence-electron chi connectivity index (χ0n) is 11.8. The van der Waals surface area contributed by atoms with Gasteiger partial charge in [0.05, 0.1) is 4.88 Å². The van der Waals surface area contributed by atoms with E-state index in [4.69, 9.17) is 0 Å². The first-order chi connectivity index (χ1) is 9.84. The molecule has 0 aliphatic carbocycles. The van der Waals surface area contributed by atoms with Crippen molar-refractivity contribution < 1.29 is 4.79 Å². The van der Waals surface area contributed by atoms with Crippen LogP contribution in [0.4, 0.5) is 0 Å². The molecule has 2 saturated heterocycles. The van der Waals surface area contributed by atoms with Gasteiger partial charge in [0.25, 0.3) is 5.91 Å². The molecule has 2 fully saturated rings. The summed E-state index contributed by atoms with van der Waals surface area (Å²) in [7, 11) is 0. The lowest BCUT2D eigenvalue weighted by molar-refractivity contribution is 0.0762. The monoisotopic (exact) mass is 310 g/mol. The van der Waals surface area contributed by atoms with Crippen LogP contribution in [0.15, 0.2) is 17.5 Å². The molecule has 0 radical (unpaired) electrons. The lowest BCUT2D eigenvalue weighted by Crippen LogP contribution is -2.41. The van der Waals surface area contributed by atoms with Crippen LogP contribution in [0, 0.1) is 0 Å². The van der Waals surface area contributed by atoms with E-state index in [9.17, 15) is 4.79 Å². The number of thiophene rings is 1. The number of thioether (sulfide) groups is 1. The summed E-state index contributed by atoms with van der Waals surface area (Å²) in [5, 5.41) is 1.98. The van der Waals surface area contributed by atoms with Crippen molar-refractivity contribution in [2.24, 2.45) is 0 Å². The number of hydrogen-bond donors (Lipinski definition) is 0. The minimum absolute atomic E-state index is 0.223. The van der Waals surface area contributed by atoms with Crippen molar-refractivity contribution in [3.8, 4) is 0 Å². The van der Waals surface area contributed by atoms with Crippen molar-refractivity contribution in [1.29, 1.82) is 0 Å². The zero-order valence-corrected chi connectivity index (χ0v) is 13.4. The van der Waals surface area contributed by atoms with Crippen LogP contribution < -0.4 is 0 Å². The maximum Gasteiger partial charge on any atom is 0.263 e. The summed E-state index contributed by atoms with van der Waals surface area (Å²) in [5.74, 6) is 2.83. The molecule has 0 bridgehead atoms. The SMILES string of the molecule is O=C(c1cccs1)N1CCCN(C2CCSCC2)CC1. The van der Waals surface area contributed by atoms with E-state index in [0.29, 0.717) is 0 Å². The van der Waals surface area contributed by atoms with Gasteiger partial charge < -0.3 is 4.90 Å². The third-order valence-electron chi connectivity index (χ3n) is 4.26. The van der Waals surface area contributed by atoms with E-state index in [-0.39, 0.29) is 5.91 Å². The van der Waals surface area contributed by atoms with E-state index in [1.807, 2.05) is 22.4 Å². The lowest BCUT2D eigenvalue weighted by Gasteiger charge is -2.33. The fourth-order valence-electron chi connectivity index (χ4n) is 3.11. The molecule has 3 nitrogen and oxygen atoms in total. The van der Waals surface area contributed by atoms with E-state index in [1.165, 1.54) is 24.3 Å². The van der Waals surface area contributed by atoms with Gasteiger partial charge in [0.1, 0.15) is 0 Å². The molecule has 110 valence electrons. The summed E-state index contributed by atoms with van der Waals surface area (Å²) in [6.07, 6.45) is 3.76. The van der Waals surface area contributed by atoms with E-state index in [1.54, 1.807) is 11.3 Å². The van der Waals surface area contributed by atoms with E-state index >= 15 is 0 Å². The number of hydrogen-bond acceptors (Lipinski definition) is 4. The average Bonchev–Trinajstić information content (AvgIpc) is 2.92. The molecule has 0 unspecified atom stereocenters. The Kier molecular flexibility index (Phi) is 5.02. The van der Waals surface area contributed by atoms with Gasteiger partial charge in [-0.05, 0) is 42.2 Å². The fourth-order valence-corrected chi connectivity index (χ4v) is 4.88. The molecule has 5 heteroatoms. The summed E-state index contributed by atoms with van der Waals surface area (Å²) in [6, 6.07) is 4.66. The highest BCUT2D eigenvalue weighted by Gasteiger charge is 2.25. The van der Waals surface area contributed by atoms with E-state index in [0.717, 1.165) is 43.5 Å². The number of amides is 1. The number of carbonyl (C=O) groups excluding carboxylic acids is 1. The Labute approximate surface area is 129 Å². The van der Waals surface area contributed by atoms with Crippen LogP contribution in [0.1, 0.15) is 28.9 Å². The molecular formula is C15H22N2OS2. The van der Waals surface area contributed by atoms with Gasteiger partial charge in [0.15, 0.2) is 0 Å². The Hall–Kier alpha value is -0.520. The molecule has 3 rings (SSSR count). The standard InChI is InChI=1S/C15H22N2OS2/c18-15(14-3-1-10-20-14)17-7-2-6-16(8-9-17)13-4-11-19-12-5-13/h1,3,10,13H,2,4-9,11-12H2. The molecule has 1 amide bonds. The molecule has 0 saturated carbocycles. The number of nitrogens with zero attached hydrogens (tertiary/aromatic N) is 2. The van der Waals surface area contributed by atoms with Gasteiger partial charge in [0, 0.05) is 32.2 Å². The molecule has 0 spiro atoms. The second-order valence-electron chi connectivity index (χ2n) is 5.50. The normalized spacial score (nSPS) is 22.7. The van der Waals surface area contributed by atoms with Crippen molar-refractivity contribution >= 4 is 29.0 Å². The van der Waals surface area contributed by atoms with Crippen LogP contribution >= 0.6 is 23.1 Å². The summed E-state index contributed by atoms with van der Waals surface area (Å²) in [5.41, 5.74) is 0. The summed E-state index contributed by atoms with van der Waals surface area (Å²) in [4.78, 5) is 18.0. The van der Waals surface area contributed by atoms with Crippen LogP contribution in [-0.4, -0.2) is 59.4 Å². The van der Waals surface area contributed by atoms with E-state index in [2.05, 4.69) is 16.7 Å². The Morgan fingerprint density at radius 2 is 2.00 bits per heavy atom. The minimum atomic E-state index is 0.223. The van der Waals surface area contributed by atoms with Crippen LogP contribution in [0.2, 0.25) is 0 Å². The van der Waals surface area contributed by atoms with Crippen LogP contribution in [0.3, 0.4) is 0 Å². The molecule has 2 aliphatic rings. The van der Waals surface area contributed by atoms with Crippen LogP contribution in [0.5, 0.6) is 0 Å². The molecule has 1 aromatic rings. The van der Waals surface area contributed by atoms with Crippen molar-refractivity contribution in [1.82, 2.24) is 9.80 Å². The predicted molar refractivity (Wildman–Crippen MR) is 86.8 cm³/mol. The molecule has 20 heavy (non-hydrogen) atoms. The fraction of sp³-hybridized carbons (Fsp3) is 0.667. The largest absolute Gasteiger partial charge is 0.337 e. The minimum Gasteiger partial charge on any atom is -0.337 e. The molecule has 2 aliphatic heterocycles. The topological polar surface area (TPSA) is 23.6 Å². The van der Waals surface area contributed by atoms with Gasteiger partial charge in [-0.15, -0.1) is 11.3 Å². The first-order valence-corrected chi connectivity index (χ1v) is 9.52. The Bertz CT molecular complexity index is 429. The second-order valence-corrected chi connectivity index (χ2v) is 7.68. The maximum absolute atomic E-state index is 12.4. The first-order valence-electron chi connectivity index (χ1n) is 7.49. The first kappa shape index (κ1) is 14.4. The second kappa shape index (κ2) is 6.96. The van der Waals surface area contributed by atoms with Gasteiger partial charge in [-0.3, -0.25) is 9.69 Å². The Morgan fingerprint density at radius 1 is 1.15 bits per heavy atom. The third kappa shape index (κ3) is 3.38. The molecule has 1 aromatic heterocycles. The van der Waals surface area contributed by atoms with E-state index < -0.39 is 0 Å². The lowest BCUT2D eigenvalue weighted by atomic mass is 10.1. The molecule has 0 aromatic carbocycles. The summed E-state index contributed by atoms with van der Waals surface area (Å²) in [6.45, 7) is 4.01. The smallest absolute Gasteiger partial charge is 0.263 e. The highest BCUT2D eigenvalue weighted by atomic mass is 32.2. The van der Waals surface area contributed by atoms with Crippen molar-refractivity contribution in [2.45, 2.75) is 25.3 Å². The van der Waals surface area contributed by atoms with Gasteiger partial charge >= 0.3 is 0 Å². The highest BCUT2D eigenvalue weighted by molar-refractivity contribution is 7.99. The van der Waals surface area contributed by atoms with Crippen molar-refractivity contribution in [3.63, 3.8) is 0 Å². The Balaban J connectivity index is 1.57. The van der Waals surface area contributed by atoms with Crippen LogP contribution in [0.25, 0.3) is 0 Å². The quantitative estimate of drug-likeness (QED) is 0.839. The molecular weight excluding hydrogens is 288 g/mol. The predicted octanol–water partition coefficient (Wildman–Crippen LogP) is 2.79. The summed E-state index contributed by atoms with van der Waals surface area (Å²) < 4.78 is 0. The highest BCUT2D eigenvalue weighted by Crippen LogP contribution is 2.23. The van der Waals surface area contributed by atoms with Gasteiger partial charge in [-0.2, -0.15) is 11.8 Å². The van der Waals surface area contributed by atoms with Gasteiger partial charge in [0.2, 0.25) is 0 Å². The molecule has 3 heterocycles. The number of rotatable bonds is 2. The number of carbonyl (C=O) groups is 1. The molecule has 0 atom stereocenters.